The maximum Gasteiger partial charge on any atom is 0.137 e. The standard InChI is InChI=1S/C11H13F2N/c1-7(2)10-9(12)4-8(6-14)5-11(10,3)13/h4-5,7,10H,1-3H3. The topological polar surface area (TPSA) is 23.8 Å². The average molecular weight is 197 g/mol. The van der Waals surface area contributed by atoms with Gasteiger partial charge in [-0.1, -0.05) is 13.8 Å². The first-order valence-electron chi connectivity index (χ1n) is 4.57. The van der Waals surface area contributed by atoms with Gasteiger partial charge in [0, 0.05) is 0 Å². The first kappa shape index (κ1) is 10.9. The summed E-state index contributed by atoms with van der Waals surface area (Å²) in [5.41, 5.74) is -1.71. The van der Waals surface area contributed by atoms with Gasteiger partial charge in [0.1, 0.15) is 11.5 Å². The van der Waals surface area contributed by atoms with Crippen LogP contribution in [0, 0.1) is 23.2 Å². The normalized spacial score (nSPS) is 32.2. The van der Waals surface area contributed by atoms with Crippen molar-refractivity contribution in [2.24, 2.45) is 11.8 Å². The zero-order valence-electron chi connectivity index (χ0n) is 8.51. The highest BCUT2D eigenvalue weighted by Gasteiger charge is 2.40. The van der Waals surface area contributed by atoms with E-state index < -0.39 is 17.4 Å². The SMILES string of the molecule is CC(C)C1C(F)=CC(C#N)=CC1(C)F. The zero-order valence-corrected chi connectivity index (χ0v) is 8.51. The summed E-state index contributed by atoms with van der Waals surface area (Å²) in [6.07, 6.45) is 2.31. The molecule has 0 aromatic carbocycles. The van der Waals surface area contributed by atoms with Crippen LogP contribution in [0.2, 0.25) is 0 Å². The van der Waals surface area contributed by atoms with E-state index >= 15 is 0 Å². The lowest BCUT2D eigenvalue weighted by Gasteiger charge is -2.32. The first-order valence-corrected chi connectivity index (χ1v) is 4.57. The fourth-order valence-corrected chi connectivity index (χ4v) is 1.98. The van der Waals surface area contributed by atoms with Crippen LogP contribution in [0.15, 0.2) is 23.6 Å². The molecule has 2 unspecified atom stereocenters. The molecule has 0 aromatic rings. The Morgan fingerprint density at radius 3 is 2.50 bits per heavy atom. The third-order valence-corrected chi connectivity index (χ3v) is 2.43. The van der Waals surface area contributed by atoms with Crippen LogP contribution in [0.3, 0.4) is 0 Å². The second-order valence-electron chi connectivity index (χ2n) is 4.11. The van der Waals surface area contributed by atoms with Crippen molar-refractivity contribution in [2.45, 2.75) is 26.4 Å². The molecule has 1 aliphatic rings. The molecule has 0 saturated heterocycles. The number of hydrogen-bond acceptors (Lipinski definition) is 1. The number of alkyl halides is 1. The molecular formula is C11H13F2N. The van der Waals surface area contributed by atoms with Crippen molar-refractivity contribution in [1.82, 2.24) is 0 Å². The van der Waals surface area contributed by atoms with Crippen LogP contribution in [0.25, 0.3) is 0 Å². The molecule has 0 N–H and O–H groups in total. The molecule has 0 bridgehead atoms. The average Bonchev–Trinajstić information content (AvgIpc) is 1.99. The first-order chi connectivity index (χ1) is 6.38. The van der Waals surface area contributed by atoms with Crippen molar-refractivity contribution in [3.8, 4) is 6.07 Å². The van der Waals surface area contributed by atoms with Gasteiger partial charge in [0.2, 0.25) is 0 Å². The third kappa shape index (κ3) is 1.84. The van der Waals surface area contributed by atoms with Gasteiger partial charge in [0.15, 0.2) is 0 Å². The number of rotatable bonds is 1. The quantitative estimate of drug-likeness (QED) is 0.632. The molecule has 0 spiro atoms. The molecule has 0 heterocycles. The Bertz CT molecular complexity index is 332. The van der Waals surface area contributed by atoms with Crippen LogP contribution < -0.4 is 0 Å². The molecule has 14 heavy (non-hydrogen) atoms. The summed E-state index contributed by atoms with van der Waals surface area (Å²) in [5.74, 6) is -1.44. The summed E-state index contributed by atoms with van der Waals surface area (Å²) in [6, 6.07) is 1.75. The molecule has 0 saturated carbocycles. The van der Waals surface area contributed by atoms with Gasteiger partial charge in [-0.25, -0.2) is 8.78 Å². The molecule has 1 rings (SSSR count). The van der Waals surface area contributed by atoms with Crippen LogP contribution in [-0.4, -0.2) is 5.67 Å². The molecule has 1 aliphatic carbocycles. The highest BCUT2D eigenvalue weighted by atomic mass is 19.1. The van der Waals surface area contributed by atoms with E-state index in [0.717, 1.165) is 6.08 Å². The summed E-state index contributed by atoms with van der Waals surface area (Å²) < 4.78 is 27.4. The number of hydrogen-bond donors (Lipinski definition) is 0. The van der Waals surface area contributed by atoms with Crippen molar-refractivity contribution >= 4 is 0 Å². The lowest BCUT2D eigenvalue weighted by Crippen LogP contribution is -2.34. The molecule has 0 aliphatic heterocycles. The van der Waals surface area contributed by atoms with E-state index in [1.165, 1.54) is 13.0 Å². The summed E-state index contributed by atoms with van der Waals surface area (Å²) in [5, 5.41) is 8.57. The monoisotopic (exact) mass is 197 g/mol. The van der Waals surface area contributed by atoms with E-state index in [4.69, 9.17) is 5.26 Å². The van der Waals surface area contributed by atoms with E-state index in [1.807, 2.05) is 0 Å². The van der Waals surface area contributed by atoms with Crippen molar-refractivity contribution in [1.29, 1.82) is 5.26 Å². The smallest absolute Gasteiger partial charge is 0.137 e. The molecular weight excluding hydrogens is 184 g/mol. The minimum absolute atomic E-state index is 0.0596. The summed E-state index contributed by atoms with van der Waals surface area (Å²) in [7, 11) is 0. The van der Waals surface area contributed by atoms with Gasteiger partial charge in [0.05, 0.1) is 17.6 Å². The van der Waals surface area contributed by atoms with Crippen molar-refractivity contribution in [3.05, 3.63) is 23.6 Å². The van der Waals surface area contributed by atoms with Gasteiger partial charge in [-0.05, 0) is 25.0 Å². The lowest BCUT2D eigenvalue weighted by molar-refractivity contribution is 0.124. The predicted octanol–water partition coefficient (Wildman–Crippen LogP) is 3.30. The number of nitrogens with zero attached hydrogens (tertiary/aromatic N) is 1. The maximum absolute atomic E-state index is 14.0. The van der Waals surface area contributed by atoms with Gasteiger partial charge in [-0.3, -0.25) is 0 Å². The number of nitriles is 1. The lowest BCUT2D eigenvalue weighted by atomic mass is 9.77. The van der Waals surface area contributed by atoms with Gasteiger partial charge >= 0.3 is 0 Å². The van der Waals surface area contributed by atoms with E-state index in [9.17, 15) is 8.78 Å². The van der Waals surface area contributed by atoms with Crippen molar-refractivity contribution in [3.63, 3.8) is 0 Å². The Hall–Kier alpha value is -1.17. The molecule has 2 atom stereocenters. The highest BCUT2D eigenvalue weighted by Crippen LogP contribution is 2.40. The molecule has 0 fully saturated rings. The van der Waals surface area contributed by atoms with Crippen LogP contribution in [0.4, 0.5) is 8.78 Å². The highest BCUT2D eigenvalue weighted by molar-refractivity contribution is 5.41. The fourth-order valence-electron chi connectivity index (χ4n) is 1.98. The minimum Gasteiger partial charge on any atom is -0.239 e. The Morgan fingerprint density at radius 2 is 2.14 bits per heavy atom. The van der Waals surface area contributed by atoms with Gasteiger partial charge in [-0.2, -0.15) is 5.26 Å². The Kier molecular flexibility index (Phi) is 2.75. The van der Waals surface area contributed by atoms with Gasteiger partial charge < -0.3 is 0 Å². The van der Waals surface area contributed by atoms with Crippen LogP contribution in [0.5, 0.6) is 0 Å². The van der Waals surface area contributed by atoms with E-state index in [0.29, 0.717) is 0 Å². The predicted molar refractivity (Wildman–Crippen MR) is 50.7 cm³/mol. The van der Waals surface area contributed by atoms with Crippen molar-refractivity contribution < 1.29 is 8.78 Å². The largest absolute Gasteiger partial charge is 0.239 e. The summed E-state index contributed by atoms with van der Waals surface area (Å²) in [4.78, 5) is 0. The second-order valence-corrected chi connectivity index (χ2v) is 4.11. The molecule has 0 amide bonds. The number of halogens is 2. The molecule has 1 nitrogen and oxygen atoms in total. The molecule has 76 valence electrons. The Morgan fingerprint density at radius 1 is 1.57 bits per heavy atom. The summed E-state index contributed by atoms with van der Waals surface area (Å²) >= 11 is 0. The van der Waals surface area contributed by atoms with Crippen molar-refractivity contribution in [2.75, 3.05) is 0 Å². The number of allylic oxidation sites excluding steroid dienone is 4. The minimum atomic E-state index is -1.77. The molecule has 3 heteroatoms. The van der Waals surface area contributed by atoms with Gasteiger partial charge in [0.25, 0.3) is 0 Å². The molecule has 0 radical (unpaired) electrons. The van der Waals surface area contributed by atoms with Crippen LogP contribution >= 0.6 is 0 Å². The fraction of sp³-hybridized carbons (Fsp3) is 0.545. The van der Waals surface area contributed by atoms with E-state index in [-0.39, 0.29) is 11.5 Å². The maximum atomic E-state index is 14.0. The Balaban J connectivity index is 3.13. The van der Waals surface area contributed by atoms with Crippen LogP contribution in [-0.2, 0) is 0 Å². The van der Waals surface area contributed by atoms with E-state index in [1.54, 1.807) is 19.9 Å². The third-order valence-electron chi connectivity index (χ3n) is 2.43. The summed E-state index contributed by atoms with van der Waals surface area (Å²) in [6.45, 7) is 4.84. The molecule has 0 aromatic heterocycles. The Labute approximate surface area is 82.7 Å². The zero-order chi connectivity index (χ0) is 10.9. The van der Waals surface area contributed by atoms with Crippen LogP contribution in [0.1, 0.15) is 20.8 Å². The second kappa shape index (κ2) is 3.53. The van der Waals surface area contributed by atoms with E-state index in [2.05, 4.69) is 0 Å². The van der Waals surface area contributed by atoms with Gasteiger partial charge in [-0.15, -0.1) is 0 Å².